The highest BCUT2D eigenvalue weighted by atomic mass is 16.5. The van der Waals surface area contributed by atoms with Gasteiger partial charge in [-0.2, -0.15) is 0 Å². The van der Waals surface area contributed by atoms with Crippen LogP contribution >= 0.6 is 0 Å². The van der Waals surface area contributed by atoms with E-state index in [-0.39, 0.29) is 5.97 Å². The fourth-order valence-corrected chi connectivity index (χ4v) is 1.74. The van der Waals surface area contributed by atoms with Gasteiger partial charge in [-0.05, 0) is 17.5 Å². The summed E-state index contributed by atoms with van der Waals surface area (Å²) in [6.45, 7) is 0.335. The quantitative estimate of drug-likeness (QED) is 0.600. The minimum atomic E-state index is -0.180. The van der Waals surface area contributed by atoms with Gasteiger partial charge in [0.2, 0.25) is 0 Å². The second-order valence-corrected chi connectivity index (χ2v) is 4.39. The highest BCUT2D eigenvalue weighted by Gasteiger charge is 2.04. The Kier molecular flexibility index (Phi) is 4.79. The van der Waals surface area contributed by atoms with Crippen molar-refractivity contribution in [3.8, 4) is 0 Å². The second kappa shape index (κ2) is 6.79. The highest BCUT2D eigenvalue weighted by Crippen LogP contribution is 2.05. The molecule has 0 spiro atoms. The number of benzene rings is 2. The molecule has 0 aliphatic rings. The van der Waals surface area contributed by atoms with E-state index in [1.54, 1.807) is 0 Å². The van der Waals surface area contributed by atoms with Crippen LogP contribution in [0.4, 0.5) is 0 Å². The van der Waals surface area contributed by atoms with Crippen molar-refractivity contribution in [2.75, 3.05) is 0 Å². The number of esters is 1. The average Bonchev–Trinajstić information content (AvgIpc) is 2.45. The van der Waals surface area contributed by atoms with Crippen molar-refractivity contribution < 1.29 is 9.53 Å². The van der Waals surface area contributed by atoms with E-state index >= 15 is 0 Å². The number of hydrogen-bond donors (Lipinski definition) is 0. The topological polar surface area (TPSA) is 26.3 Å². The van der Waals surface area contributed by atoms with Gasteiger partial charge in [-0.25, -0.2) is 0 Å². The largest absolute Gasteiger partial charge is 0.461 e. The SMILES string of the molecule is [B]c1ccc(CCC(=O)OCc2ccccc2)cc1. The Balaban J connectivity index is 1.74. The predicted octanol–water partition coefficient (Wildman–Crippen LogP) is 2.16. The molecular weight excluding hydrogens is 235 g/mol. The van der Waals surface area contributed by atoms with Gasteiger partial charge >= 0.3 is 5.97 Å². The molecule has 0 unspecified atom stereocenters. The zero-order chi connectivity index (χ0) is 13.5. The van der Waals surface area contributed by atoms with E-state index in [9.17, 15) is 4.79 Å². The van der Waals surface area contributed by atoms with Crippen molar-refractivity contribution in [3.63, 3.8) is 0 Å². The average molecular weight is 250 g/mol. The standard InChI is InChI=1S/C16H15BO2/c17-15-9-6-13(7-10-15)8-11-16(18)19-12-14-4-2-1-3-5-14/h1-7,9-10H,8,11-12H2. The van der Waals surface area contributed by atoms with Crippen LogP contribution in [-0.2, 0) is 22.6 Å². The molecular formula is C16H15BO2. The van der Waals surface area contributed by atoms with E-state index in [2.05, 4.69) is 0 Å². The molecule has 2 rings (SSSR count). The number of aryl methyl sites for hydroxylation is 1. The molecule has 2 nitrogen and oxygen atoms in total. The normalized spacial score (nSPS) is 10.1. The first-order valence-corrected chi connectivity index (χ1v) is 6.28. The lowest BCUT2D eigenvalue weighted by molar-refractivity contribution is -0.144. The fourth-order valence-electron chi connectivity index (χ4n) is 1.74. The van der Waals surface area contributed by atoms with Gasteiger partial charge in [0.1, 0.15) is 14.5 Å². The Labute approximate surface area is 114 Å². The number of hydrogen-bond acceptors (Lipinski definition) is 2. The minimum Gasteiger partial charge on any atom is -0.461 e. The van der Waals surface area contributed by atoms with E-state index in [1.807, 2.05) is 54.6 Å². The molecule has 3 heteroatoms. The zero-order valence-corrected chi connectivity index (χ0v) is 10.7. The maximum Gasteiger partial charge on any atom is 0.306 e. The summed E-state index contributed by atoms with van der Waals surface area (Å²) in [6, 6.07) is 17.2. The van der Waals surface area contributed by atoms with Gasteiger partial charge in [0.25, 0.3) is 0 Å². The third kappa shape index (κ3) is 4.62. The van der Waals surface area contributed by atoms with Crippen LogP contribution < -0.4 is 5.46 Å². The van der Waals surface area contributed by atoms with E-state index in [0.717, 1.165) is 16.6 Å². The van der Waals surface area contributed by atoms with Gasteiger partial charge in [0.15, 0.2) is 0 Å². The van der Waals surface area contributed by atoms with Gasteiger partial charge in [0.05, 0.1) is 0 Å². The van der Waals surface area contributed by atoms with Crippen LogP contribution in [0, 0.1) is 0 Å². The summed E-state index contributed by atoms with van der Waals surface area (Å²) in [6.07, 6.45) is 1.06. The lowest BCUT2D eigenvalue weighted by atomic mass is 9.94. The summed E-state index contributed by atoms with van der Waals surface area (Å²) in [5.41, 5.74) is 2.82. The molecule has 2 aromatic carbocycles. The lowest BCUT2D eigenvalue weighted by Gasteiger charge is -2.05. The Morgan fingerprint density at radius 2 is 1.63 bits per heavy atom. The first-order chi connectivity index (χ1) is 9.24. The summed E-state index contributed by atoms with van der Waals surface area (Å²) >= 11 is 0. The maximum atomic E-state index is 11.6. The van der Waals surface area contributed by atoms with Crippen molar-refractivity contribution in [2.45, 2.75) is 19.4 Å². The van der Waals surface area contributed by atoms with Crippen LogP contribution in [0.15, 0.2) is 54.6 Å². The van der Waals surface area contributed by atoms with Crippen molar-refractivity contribution in [2.24, 2.45) is 0 Å². The molecule has 0 aromatic heterocycles. The van der Waals surface area contributed by atoms with Crippen molar-refractivity contribution in [1.82, 2.24) is 0 Å². The maximum absolute atomic E-state index is 11.6. The van der Waals surface area contributed by atoms with Crippen LogP contribution in [-0.4, -0.2) is 13.8 Å². The number of carbonyl (C=O) groups excluding carboxylic acids is 1. The van der Waals surface area contributed by atoms with Crippen molar-refractivity contribution in [3.05, 3.63) is 65.7 Å². The third-order valence-corrected chi connectivity index (χ3v) is 2.84. The summed E-state index contributed by atoms with van der Waals surface area (Å²) < 4.78 is 5.21. The van der Waals surface area contributed by atoms with E-state index in [0.29, 0.717) is 19.4 Å². The number of ether oxygens (including phenoxy) is 1. The summed E-state index contributed by atoms with van der Waals surface area (Å²) in [7, 11) is 5.60. The van der Waals surface area contributed by atoms with Crippen molar-refractivity contribution in [1.29, 1.82) is 0 Å². The molecule has 0 bridgehead atoms. The van der Waals surface area contributed by atoms with Gasteiger partial charge < -0.3 is 4.74 Å². The van der Waals surface area contributed by atoms with E-state index in [4.69, 9.17) is 12.6 Å². The molecule has 0 atom stereocenters. The zero-order valence-electron chi connectivity index (χ0n) is 10.7. The molecule has 2 aromatic rings. The van der Waals surface area contributed by atoms with Gasteiger partial charge in [-0.3, -0.25) is 4.79 Å². The van der Waals surface area contributed by atoms with Crippen LogP contribution in [0.5, 0.6) is 0 Å². The second-order valence-electron chi connectivity index (χ2n) is 4.39. The number of rotatable bonds is 5. The van der Waals surface area contributed by atoms with E-state index < -0.39 is 0 Å². The Morgan fingerprint density at radius 3 is 2.32 bits per heavy atom. The monoisotopic (exact) mass is 250 g/mol. The molecule has 2 radical (unpaired) electrons. The molecule has 0 saturated heterocycles. The smallest absolute Gasteiger partial charge is 0.306 e. The summed E-state index contributed by atoms with van der Waals surface area (Å²) in [5, 5.41) is 0. The fraction of sp³-hybridized carbons (Fsp3) is 0.188. The van der Waals surface area contributed by atoms with Crippen LogP contribution in [0.25, 0.3) is 0 Å². The molecule has 0 fully saturated rings. The molecule has 0 N–H and O–H groups in total. The number of carbonyl (C=O) groups is 1. The first kappa shape index (κ1) is 13.4. The molecule has 94 valence electrons. The lowest BCUT2D eigenvalue weighted by Crippen LogP contribution is -2.06. The molecule has 0 amide bonds. The van der Waals surface area contributed by atoms with Gasteiger partial charge in [-0.15, -0.1) is 0 Å². The summed E-state index contributed by atoms with van der Waals surface area (Å²) in [4.78, 5) is 11.6. The molecule has 0 saturated carbocycles. The Morgan fingerprint density at radius 1 is 0.947 bits per heavy atom. The Hall–Kier alpha value is -2.03. The van der Waals surface area contributed by atoms with Crippen LogP contribution in [0.2, 0.25) is 0 Å². The predicted molar refractivity (Wildman–Crippen MR) is 76.4 cm³/mol. The minimum absolute atomic E-state index is 0.180. The van der Waals surface area contributed by atoms with Gasteiger partial charge in [0, 0.05) is 6.42 Å². The summed E-state index contributed by atoms with van der Waals surface area (Å²) in [5.74, 6) is -0.180. The molecule has 19 heavy (non-hydrogen) atoms. The van der Waals surface area contributed by atoms with Crippen LogP contribution in [0.1, 0.15) is 17.5 Å². The molecule has 0 aliphatic heterocycles. The third-order valence-electron chi connectivity index (χ3n) is 2.84. The highest BCUT2D eigenvalue weighted by molar-refractivity contribution is 6.32. The molecule has 0 aliphatic carbocycles. The van der Waals surface area contributed by atoms with Gasteiger partial charge in [-0.1, -0.05) is 60.1 Å². The van der Waals surface area contributed by atoms with Crippen LogP contribution in [0.3, 0.4) is 0 Å². The first-order valence-electron chi connectivity index (χ1n) is 6.28. The molecule has 0 heterocycles. The van der Waals surface area contributed by atoms with Crippen molar-refractivity contribution >= 4 is 19.3 Å². The van der Waals surface area contributed by atoms with E-state index in [1.165, 1.54) is 0 Å². The Bertz CT molecular complexity index is 520.